The van der Waals surface area contributed by atoms with E-state index in [9.17, 15) is 0 Å². The maximum absolute atomic E-state index is 5.35. The molecule has 0 atom stereocenters. The van der Waals surface area contributed by atoms with Crippen LogP contribution in [0.3, 0.4) is 0 Å². The zero-order valence-electron chi connectivity index (χ0n) is 6.75. The van der Waals surface area contributed by atoms with E-state index in [1.54, 1.807) is 18.3 Å². The van der Waals surface area contributed by atoms with Gasteiger partial charge in [0.2, 0.25) is 0 Å². The Kier molecular flexibility index (Phi) is 2.48. The SMILES string of the molecule is C=C(N)/C=C\C(=C)c1ccn[nH]1. The van der Waals surface area contributed by atoms with Crippen LogP contribution in [-0.2, 0) is 0 Å². The summed E-state index contributed by atoms with van der Waals surface area (Å²) in [6, 6.07) is 1.84. The van der Waals surface area contributed by atoms with Crippen molar-refractivity contribution >= 4 is 5.57 Å². The third-order valence-electron chi connectivity index (χ3n) is 1.35. The average Bonchev–Trinajstić information content (AvgIpc) is 2.51. The van der Waals surface area contributed by atoms with Crippen LogP contribution in [0, 0.1) is 0 Å². The summed E-state index contributed by atoms with van der Waals surface area (Å²) in [5, 5.41) is 6.59. The highest BCUT2D eigenvalue weighted by atomic mass is 15.1. The molecule has 0 aromatic carbocycles. The first kappa shape index (κ1) is 8.33. The molecule has 3 heteroatoms. The molecular weight excluding hydrogens is 150 g/mol. The fraction of sp³-hybridized carbons (Fsp3) is 0. The smallest absolute Gasteiger partial charge is 0.0644 e. The summed E-state index contributed by atoms with van der Waals surface area (Å²) in [6.45, 7) is 7.35. The van der Waals surface area contributed by atoms with Gasteiger partial charge in [0.25, 0.3) is 0 Å². The van der Waals surface area contributed by atoms with E-state index in [4.69, 9.17) is 5.73 Å². The summed E-state index contributed by atoms with van der Waals surface area (Å²) in [7, 11) is 0. The van der Waals surface area contributed by atoms with Crippen molar-refractivity contribution in [2.75, 3.05) is 0 Å². The Morgan fingerprint density at radius 3 is 2.75 bits per heavy atom. The molecule has 3 nitrogen and oxygen atoms in total. The van der Waals surface area contributed by atoms with Crippen molar-refractivity contribution in [1.82, 2.24) is 10.2 Å². The van der Waals surface area contributed by atoms with Crippen molar-refractivity contribution in [3.63, 3.8) is 0 Å². The maximum Gasteiger partial charge on any atom is 0.0644 e. The lowest BCUT2D eigenvalue weighted by atomic mass is 10.2. The third kappa shape index (κ3) is 2.12. The molecule has 1 rings (SSSR count). The highest BCUT2D eigenvalue weighted by Gasteiger charge is 1.93. The number of H-pyrrole nitrogens is 1. The molecule has 62 valence electrons. The summed E-state index contributed by atoms with van der Waals surface area (Å²) < 4.78 is 0. The molecule has 0 aliphatic rings. The first-order valence-corrected chi connectivity index (χ1v) is 3.51. The highest BCUT2D eigenvalue weighted by molar-refractivity contribution is 5.69. The molecule has 0 fully saturated rings. The molecule has 1 heterocycles. The topological polar surface area (TPSA) is 54.7 Å². The van der Waals surface area contributed by atoms with E-state index in [0.717, 1.165) is 11.3 Å². The lowest BCUT2D eigenvalue weighted by molar-refractivity contribution is 1.08. The molecule has 0 bridgehead atoms. The van der Waals surface area contributed by atoms with Gasteiger partial charge < -0.3 is 5.73 Å². The molecule has 0 saturated heterocycles. The Labute approximate surface area is 71.3 Å². The third-order valence-corrected chi connectivity index (χ3v) is 1.35. The van der Waals surface area contributed by atoms with Gasteiger partial charge >= 0.3 is 0 Å². The molecule has 0 aliphatic heterocycles. The van der Waals surface area contributed by atoms with Gasteiger partial charge in [-0.15, -0.1) is 0 Å². The molecule has 0 radical (unpaired) electrons. The molecular formula is C9H11N3. The van der Waals surface area contributed by atoms with Crippen molar-refractivity contribution in [2.24, 2.45) is 5.73 Å². The van der Waals surface area contributed by atoms with Crippen molar-refractivity contribution in [2.45, 2.75) is 0 Å². The van der Waals surface area contributed by atoms with Crippen LogP contribution >= 0.6 is 0 Å². The summed E-state index contributed by atoms with van der Waals surface area (Å²) in [6.07, 6.45) is 5.16. The molecule has 0 spiro atoms. The minimum atomic E-state index is 0.510. The van der Waals surface area contributed by atoms with Crippen LogP contribution in [0.2, 0.25) is 0 Å². The van der Waals surface area contributed by atoms with Gasteiger partial charge in [-0.25, -0.2) is 0 Å². The zero-order chi connectivity index (χ0) is 8.97. The number of nitrogens with one attached hydrogen (secondary N) is 1. The van der Waals surface area contributed by atoms with Crippen LogP contribution in [0.1, 0.15) is 5.69 Å². The van der Waals surface area contributed by atoms with Crippen molar-refractivity contribution in [3.8, 4) is 0 Å². The molecule has 0 unspecified atom stereocenters. The average molecular weight is 161 g/mol. The molecule has 0 amide bonds. The predicted molar refractivity (Wildman–Crippen MR) is 50.1 cm³/mol. The summed E-state index contributed by atoms with van der Waals surface area (Å²) >= 11 is 0. The summed E-state index contributed by atoms with van der Waals surface area (Å²) in [5.41, 5.74) is 7.57. The standard InChI is InChI=1S/C9H11N3/c1-7(3-4-8(2)10)9-5-6-11-12-9/h3-6H,1-2,10H2,(H,11,12)/b4-3-. The van der Waals surface area contributed by atoms with Crippen LogP contribution in [0.5, 0.6) is 0 Å². The van der Waals surface area contributed by atoms with Crippen molar-refractivity contribution in [1.29, 1.82) is 0 Å². The van der Waals surface area contributed by atoms with Crippen LogP contribution in [0.4, 0.5) is 0 Å². The van der Waals surface area contributed by atoms with E-state index in [2.05, 4.69) is 23.4 Å². The van der Waals surface area contributed by atoms with Gasteiger partial charge in [0.05, 0.1) is 5.69 Å². The number of rotatable bonds is 3. The lowest BCUT2D eigenvalue weighted by Gasteiger charge is -1.93. The van der Waals surface area contributed by atoms with E-state index in [1.807, 2.05) is 6.07 Å². The molecule has 0 aliphatic carbocycles. The van der Waals surface area contributed by atoms with Gasteiger partial charge in [-0.2, -0.15) is 5.10 Å². The maximum atomic E-state index is 5.35. The van der Waals surface area contributed by atoms with Gasteiger partial charge in [-0.05, 0) is 17.7 Å². The van der Waals surface area contributed by atoms with Crippen LogP contribution < -0.4 is 5.73 Å². The van der Waals surface area contributed by atoms with Crippen molar-refractivity contribution in [3.05, 3.63) is 49.0 Å². The van der Waals surface area contributed by atoms with Gasteiger partial charge in [-0.1, -0.05) is 19.2 Å². The number of nitrogens with two attached hydrogens (primary N) is 1. The largest absolute Gasteiger partial charge is 0.399 e. The first-order valence-electron chi connectivity index (χ1n) is 3.51. The number of hydrogen-bond acceptors (Lipinski definition) is 2. The molecule has 1 aromatic heterocycles. The molecule has 12 heavy (non-hydrogen) atoms. The van der Waals surface area contributed by atoms with E-state index >= 15 is 0 Å². The summed E-state index contributed by atoms with van der Waals surface area (Å²) in [5.74, 6) is 0. The van der Waals surface area contributed by atoms with E-state index < -0.39 is 0 Å². The Balaban J connectivity index is 2.68. The quantitative estimate of drug-likeness (QED) is 0.659. The summed E-state index contributed by atoms with van der Waals surface area (Å²) in [4.78, 5) is 0. The number of aromatic nitrogens is 2. The molecule has 3 N–H and O–H groups in total. The highest BCUT2D eigenvalue weighted by Crippen LogP contribution is 2.09. The molecule has 1 aromatic rings. The van der Waals surface area contributed by atoms with Gasteiger partial charge in [0.1, 0.15) is 0 Å². The Morgan fingerprint density at radius 1 is 1.50 bits per heavy atom. The second-order valence-corrected chi connectivity index (χ2v) is 2.40. The van der Waals surface area contributed by atoms with Crippen LogP contribution in [0.25, 0.3) is 5.57 Å². The van der Waals surface area contributed by atoms with E-state index in [-0.39, 0.29) is 0 Å². The Bertz CT molecular complexity index is 307. The number of allylic oxidation sites excluding steroid dienone is 3. The normalized spacial score (nSPS) is 10.3. The number of hydrogen-bond donors (Lipinski definition) is 2. The Hall–Kier alpha value is -1.77. The predicted octanol–water partition coefficient (Wildman–Crippen LogP) is 1.45. The van der Waals surface area contributed by atoms with Crippen LogP contribution in [0.15, 0.2) is 43.3 Å². The number of aromatic amines is 1. The van der Waals surface area contributed by atoms with E-state index in [0.29, 0.717) is 5.70 Å². The fourth-order valence-electron chi connectivity index (χ4n) is 0.732. The fourth-order valence-corrected chi connectivity index (χ4v) is 0.732. The monoisotopic (exact) mass is 161 g/mol. The Morgan fingerprint density at radius 2 is 2.25 bits per heavy atom. The van der Waals surface area contributed by atoms with Gasteiger partial charge in [0, 0.05) is 11.9 Å². The lowest BCUT2D eigenvalue weighted by Crippen LogP contribution is -1.88. The van der Waals surface area contributed by atoms with Gasteiger partial charge in [-0.3, -0.25) is 5.10 Å². The zero-order valence-corrected chi connectivity index (χ0v) is 6.75. The second kappa shape index (κ2) is 3.57. The van der Waals surface area contributed by atoms with Crippen molar-refractivity contribution < 1.29 is 0 Å². The van der Waals surface area contributed by atoms with Crippen LogP contribution in [-0.4, -0.2) is 10.2 Å². The first-order chi connectivity index (χ1) is 5.70. The number of nitrogens with zero attached hydrogens (tertiary/aromatic N) is 1. The van der Waals surface area contributed by atoms with Gasteiger partial charge in [0.15, 0.2) is 0 Å². The van der Waals surface area contributed by atoms with E-state index in [1.165, 1.54) is 0 Å². The minimum Gasteiger partial charge on any atom is -0.399 e. The second-order valence-electron chi connectivity index (χ2n) is 2.40. The molecule has 0 saturated carbocycles. The minimum absolute atomic E-state index is 0.510.